The van der Waals surface area contributed by atoms with Gasteiger partial charge in [0.2, 0.25) is 5.91 Å². The minimum Gasteiger partial charge on any atom is -0.466 e. The second-order valence-corrected chi connectivity index (χ2v) is 25.0. The highest BCUT2D eigenvalue weighted by molar-refractivity contribution is 5.76. The standard InChI is InChI=1S/C70H135NO10/c1-3-5-7-9-11-13-14-34-38-42-46-50-54-58-66(75)79-59-55-51-47-43-39-36-33-31-29-27-25-23-21-19-17-15-16-18-20-22-24-26-28-30-32-35-37-41-45-49-53-57-65(74)71-62(63(73)56-52-48-44-40-12-10-8-6-4-2)61-80-70-69(78)68(77)67(76)64(60-72)81-70/h52,56,62-64,67-70,72-73,76-78H,3-51,53-55,57-61H2,1-2H3,(H,71,74)/b56-52+. The van der Waals surface area contributed by atoms with Crippen molar-refractivity contribution in [2.24, 2.45) is 0 Å². The maximum Gasteiger partial charge on any atom is 0.305 e. The van der Waals surface area contributed by atoms with Gasteiger partial charge in [-0.05, 0) is 32.1 Å². The molecule has 6 N–H and O–H groups in total. The number of amides is 1. The van der Waals surface area contributed by atoms with Crippen LogP contribution in [0.4, 0.5) is 0 Å². The number of esters is 1. The van der Waals surface area contributed by atoms with E-state index in [2.05, 4.69) is 19.2 Å². The molecule has 7 atom stereocenters. The Morgan fingerprint density at radius 2 is 0.778 bits per heavy atom. The zero-order chi connectivity index (χ0) is 58.7. The molecule has 81 heavy (non-hydrogen) atoms. The number of aliphatic hydroxyl groups excluding tert-OH is 5. The molecule has 1 aliphatic heterocycles. The van der Waals surface area contributed by atoms with Gasteiger partial charge >= 0.3 is 5.97 Å². The molecule has 0 radical (unpaired) electrons. The molecule has 0 aromatic rings. The molecule has 0 aliphatic carbocycles. The van der Waals surface area contributed by atoms with Gasteiger partial charge in [0.1, 0.15) is 24.4 Å². The molecule has 1 amide bonds. The molecule has 1 rings (SSSR count). The fourth-order valence-corrected chi connectivity index (χ4v) is 11.6. The molecule has 1 heterocycles. The normalized spacial score (nSPS) is 18.2. The van der Waals surface area contributed by atoms with Crippen LogP contribution in [0.1, 0.15) is 361 Å². The van der Waals surface area contributed by atoms with Gasteiger partial charge in [-0.2, -0.15) is 0 Å². The molecule has 0 spiro atoms. The number of nitrogens with one attached hydrogen (secondary N) is 1. The summed E-state index contributed by atoms with van der Waals surface area (Å²) in [7, 11) is 0. The van der Waals surface area contributed by atoms with E-state index in [1.165, 1.54) is 283 Å². The average Bonchev–Trinajstić information content (AvgIpc) is 3.48. The fraction of sp³-hybridized carbons (Fsp3) is 0.943. The quantitative estimate of drug-likeness (QED) is 0.0195. The molecule has 1 aliphatic rings. The maximum atomic E-state index is 13.0. The van der Waals surface area contributed by atoms with E-state index in [4.69, 9.17) is 14.2 Å². The number of rotatable bonds is 63. The molecule has 11 nitrogen and oxygen atoms in total. The molecule has 7 unspecified atom stereocenters. The molecule has 11 heteroatoms. The van der Waals surface area contributed by atoms with Crippen LogP contribution < -0.4 is 5.32 Å². The summed E-state index contributed by atoms with van der Waals surface area (Å²) in [6.45, 7) is 4.36. The Morgan fingerprint density at radius 3 is 1.15 bits per heavy atom. The summed E-state index contributed by atoms with van der Waals surface area (Å²) in [5, 5.41) is 54.3. The molecule has 1 saturated heterocycles. The van der Waals surface area contributed by atoms with Crippen molar-refractivity contribution >= 4 is 11.9 Å². The first-order chi connectivity index (χ1) is 39.7. The van der Waals surface area contributed by atoms with Crippen molar-refractivity contribution in [3.05, 3.63) is 12.2 Å². The molecule has 480 valence electrons. The lowest BCUT2D eigenvalue weighted by Crippen LogP contribution is -2.60. The molecule has 0 aromatic heterocycles. The highest BCUT2D eigenvalue weighted by Crippen LogP contribution is 2.23. The summed E-state index contributed by atoms with van der Waals surface area (Å²) in [5.74, 6) is -0.163. The first-order valence-corrected chi connectivity index (χ1v) is 35.5. The number of ether oxygens (including phenoxy) is 3. The van der Waals surface area contributed by atoms with Crippen molar-refractivity contribution in [3.8, 4) is 0 Å². The Hall–Kier alpha value is -1.60. The van der Waals surface area contributed by atoms with Gasteiger partial charge in [-0.1, -0.05) is 328 Å². The van der Waals surface area contributed by atoms with Gasteiger partial charge < -0.3 is 45.1 Å². The predicted octanol–water partition coefficient (Wildman–Crippen LogP) is 17.9. The third-order valence-electron chi connectivity index (χ3n) is 17.2. The lowest BCUT2D eigenvalue weighted by atomic mass is 9.99. The number of hydrogen-bond donors (Lipinski definition) is 6. The van der Waals surface area contributed by atoms with Crippen LogP contribution in [-0.4, -0.2) is 100 Å². The van der Waals surface area contributed by atoms with E-state index < -0.39 is 49.5 Å². The molecule has 0 aromatic carbocycles. The highest BCUT2D eigenvalue weighted by atomic mass is 16.7. The number of hydrogen-bond acceptors (Lipinski definition) is 10. The van der Waals surface area contributed by atoms with E-state index in [0.29, 0.717) is 19.4 Å². The molecule has 0 bridgehead atoms. The van der Waals surface area contributed by atoms with E-state index in [1.807, 2.05) is 6.08 Å². The van der Waals surface area contributed by atoms with Crippen molar-refractivity contribution in [1.82, 2.24) is 5.32 Å². The third kappa shape index (κ3) is 49.2. The summed E-state index contributed by atoms with van der Waals surface area (Å²) < 4.78 is 16.7. The molecular weight excluding hydrogens is 1010 g/mol. The zero-order valence-electron chi connectivity index (χ0n) is 53.3. The van der Waals surface area contributed by atoms with Gasteiger partial charge in [0, 0.05) is 12.8 Å². The first-order valence-electron chi connectivity index (χ1n) is 35.5. The van der Waals surface area contributed by atoms with Crippen LogP contribution >= 0.6 is 0 Å². The number of allylic oxidation sites excluding steroid dienone is 1. The Balaban J connectivity index is 1.89. The monoisotopic (exact) mass is 1150 g/mol. The second kappa shape index (κ2) is 60.1. The van der Waals surface area contributed by atoms with Crippen LogP contribution in [0.15, 0.2) is 12.2 Å². The van der Waals surface area contributed by atoms with Gasteiger partial charge in [0.25, 0.3) is 0 Å². The lowest BCUT2D eigenvalue weighted by Gasteiger charge is -2.40. The topological polar surface area (TPSA) is 175 Å². The largest absolute Gasteiger partial charge is 0.466 e. The maximum absolute atomic E-state index is 13.0. The van der Waals surface area contributed by atoms with Gasteiger partial charge in [-0.3, -0.25) is 9.59 Å². The van der Waals surface area contributed by atoms with Crippen LogP contribution in [-0.2, 0) is 23.8 Å². The van der Waals surface area contributed by atoms with Crippen molar-refractivity contribution < 1.29 is 49.3 Å². The number of carbonyl (C=O) groups is 2. The SMILES string of the molecule is CCCCCCCCC/C=C/C(O)C(COC1OC(CO)C(O)C(O)C1O)NC(=O)CCCCCCCCCCCCCCCCCCCCCCCCCCCCCCCCCOC(=O)CCCCCCCCCCCCCCC. The van der Waals surface area contributed by atoms with Crippen molar-refractivity contribution in [2.45, 2.75) is 403 Å². The Bertz CT molecular complexity index is 1350. The number of unbranched alkanes of at least 4 members (excludes halogenated alkanes) is 49. The third-order valence-corrected chi connectivity index (χ3v) is 17.2. The highest BCUT2D eigenvalue weighted by Gasteiger charge is 2.44. The molecule has 0 saturated carbocycles. The number of carbonyl (C=O) groups excluding carboxylic acids is 2. The summed E-state index contributed by atoms with van der Waals surface area (Å²) >= 11 is 0. The van der Waals surface area contributed by atoms with E-state index in [-0.39, 0.29) is 18.5 Å². The Labute approximate surface area is 499 Å². The minimum atomic E-state index is -1.57. The van der Waals surface area contributed by atoms with E-state index in [0.717, 1.165) is 51.4 Å². The van der Waals surface area contributed by atoms with Crippen LogP contribution in [0.2, 0.25) is 0 Å². The van der Waals surface area contributed by atoms with Crippen LogP contribution in [0.3, 0.4) is 0 Å². The van der Waals surface area contributed by atoms with E-state index in [1.54, 1.807) is 6.08 Å². The van der Waals surface area contributed by atoms with Crippen molar-refractivity contribution in [2.75, 3.05) is 19.8 Å². The second-order valence-electron chi connectivity index (χ2n) is 25.0. The summed E-state index contributed by atoms with van der Waals surface area (Å²) in [4.78, 5) is 25.1. The van der Waals surface area contributed by atoms with Gasteiger partial charge in [-0.15, -0.1) is 0 Å². The van der Waals surface area contributed by atoms with Crippen molar-refractivity contribution in [3.63, 3.8) is 0 Å². The van der Waals surface area contributed by atoms with Gasteiger partial charge in [0.15, 0.2) is 6.29 Å². The molecular formula is C70H135NO10. The van der Waals surface area contributed by atoms with E-state index >= 15 is 0 Å². The van der Waals surface area contributed by atoms with Gasteiger partial charge in [0.05, 0.1) is 32.0 Å². The van der Waals surface area contributed by atoms with Crippen LogP contribution in [0, 0.1) is 0 Å². The van der Waals surface area contributed by atoms with Crippen molar-refractivity contribution in [1.29, 1.82) is 0 Å². The Kier molecular flexibility index (Phi) is 57.4. The first kappa shape index (κ1) is 77.4. The van der Waals surface area contributed by atoms with E-state index in [9.17, 15) is 35.1 Å². The lowest BCUT2D eigenvalue weighted by molar-refractivity contribution is -0.302. The van der Waals surface area contributed by atoms with Gasteiger partial charge in [-0.25, -0.2) is 0 Å². The van der Waals surface area contributed by atoms with Crippen LogP contribution in [0.25, 0.3) is 0 Å². The molecule has 1 fully saturated rings. The summed E-state index contributed by atoms with van der Waals surface area (Å²) in [5.41, 5.74) is 0. The Morgan fingerprint density at radius 1 is 0.444 bits per heavy atom. The van der Waals surface area contributed by atoms with Crippen LogP contribution in [0.5, 0.6) is 0 Å². The predicted molar refractivity (Wildman–Crippen MR) is 338 cm³/mol. The summed E-state index contributed by atoms with van der Waals surface area (Å²) in [6, 6.07) is -0.804. The zero-order valence-corrected chi connectivity index (χ0v) is 53.3. The number of aliphatic hydroxyl groups is 5. The summed E-state index contributed by atoms with van der Waals surface area (Å²) in [6.07, 6.45) is 63.7. The fourth-order valence-electron chi connectivity index (χ4n) is 11.6. The average molecular weight is 1150 g/mol. The smallest absolute Gasteiger partial charge is 0.305 e. The minimum absolute atomic E-state index is 0.0150.